The molecule has 0 aliphatic heterocycles. The first kappa shape index (κ1) is 9.85. The molecule has 3 nitrogen and oxygen atoms in total. The first-order valence-corrected chi connectivity index (χ1v) is 5.83. The predicted octanol–water partition coefficient (Wildman–Crippen LogP) is 2.93. The van der Waals surface area contributed by atoms with Crippen molar-refractivity contribution in [1.29, 1.82) is 0 Å². The molecule has 0 atom stereocenters. The third kappa shape index (κ3) is 1.35. The van der Waals surface area contributed by atoms with E-state index in [1.165, 1.54) is 12.0 Å². The van der Waals surface area contributed by atoms with Gasteiger partial charge in [0.25, 0.3) is 0 Å². The van der Waals surface area contributed by atoms with Gasteiger partial charge >= 0.3 is 0 Å². The average Bonchev–Trinajstić information content (AvgIpc) is 2.65. The van der Waals surface area contributed by atoms with Crippen LogP contribution in [0.3, 0.4) is 0 Å². The molecule has 1 fully saturated rings. The maximum atomic E-state index is 5.78. The number of aromatic nitrogens is 3. The van der Waals surface area contributed by atoms with Crippen LogP contribution >= 0.6 is 11.6 Å². The molecule has 1 saturated carbocycles. The Balaban J connectivity index is 2.07. The summed E-state index contributed by atoms with van der Waals surface area (Å²) in [4.78, 5) is 4.28. The molecular weight excluding hydrogens is 222 g/mol. The molecule has 0 spiro atoms. The van der Waals surface area contributed by atoms with Crippen molar-refractivity contribution < 1.29 is 0 Å². The van der Waals surface area contributed by atoms with Crippen LogP contribution in [0.5, 0.6) is 0 Å². The molecule has 1 aliphatic carbocycles. The largest absolute Gasteiger partial charge is 0.261 e. The van der Waals surface area contributed by atoms with E-state index < -0.39 is 0 Å². The van der Waals surface area contributed by atoms with Gasteiger partial charge in [0.2, 0.25) is 5.28 Å². The van der Waals surface area contributed by atoms with E-state index in [9.17, 15) is 0 Å². The van der Waals surface area contributed by atoms with Gasteiger partial charge in [0.15, 0.2) is 0 Å². The normalized spacial score (nSPS) is 18.1. The number of nitrogens with one attached hydrogen (secondary N) is 1. The number of hydrogen-bond acceptors (Lipinski definition) is 2. The van der Waals surface area contributed by atoms with Crippen LogP contribution in [0.25, 0.3) is 0 Å². The summed E-state index contributed by atoms with van der Waals surface area (Å²) in [6.07, 6.45) is 3.46. The lowest BCUT2D eigenvalue weighted by molar-refractivity contribution is 0.286. The molecule has 0 bridgehead atoms. The molecule has 1 aromatic carbocycles. The van der Waals surface area contributed by atoms with E-state index in [4.69, 9.17) is 11.6 Å². The smallest absolute Gasteiger partial charge is 0.242 e. The van der Waals surface area contributed by atoms with E-state index >= 15 is 0 Å². The fraction of sp³-hybridized carbons (Fsp3) is 0.333. The van der Waals surface area contributed by atoms with Gasteiger partial charge in [-0.1, -0.05) is 36.8 Å². The van der Waals surface area contributed by atoms with Crippen LogP contribution in [0.1, 0.15) is 30.7 Å². The maximum absolute atomic E-state index is 5.78. The summed E-state index contributed by atoms with van der Waals surface area (Å²) in [6.45, 7) is 0. The Bertz CT molecular complexity index is 488. The molecule has 0 unspecified atom stereocenters. The van der Waals surface area contributed by atoms with Gasteiger partial charge in [0, 0.05) is 0 Å². The van der Waals surface area contributed by atoms with Gasteiger partial charge in [-0.15, -0.1) is 5.10 Å². The molecule has 82 valence electrons. The van der Waals surface area contributed by atoms with E-state index in [0.717, 1.165) is 18.7 Å². The van der Waals surface area contributed by atoms with Crippen LogP contribution < -0.4 is 0 Å². The lowest BCUT2D eigenvalue weighted by Crippen LogP contribution is -2.36. The molecular formula is C12H12ClN3. The van der Waals surface area contributed by atoms with Gasteiger partial charge in [-0.25, -0.2) is 4.98 Å². The second-order valence-corrected chi connectivity index (χ2v) is 4.59. The van der Waals surface area contributed by atoms with E-state index in [0.29, 0.717) is 5.28 Å². The summed E-state index contributed by atoms with van der Waals surface area (Å²) in [5.74, 6) is 0.898. The summed E-state index contributed by atoms with van der Waals surface area (Å²) < 4.78 is 0. The average molecular weight is 234 g/mol. The monoisotopic (exact) mass is 233 g/mol. The van der Waals surface area contributed by atoms with E-state index in [1.807, 2.05) is 6.07 Å². The first-order chi connectivity index (χ1) is 7.81. The number of rotatable bonds is 2. The minimum Gasteiger partial charge on any atom is -0.261 e. The number of nitrogens with zero attached hydrogens (tertiary/aromatic N) is 2. The highest BCUT2D eigenvalue weighted by molar-refractivity contribution is 6.28. The van der Waals surface area contributed by atoms with Crippen molar-refractivity contribution in [3.63, 3.8) is 0 Å². The van der Waals surface area contributed by atoms with Crippen LogP contribution in [0, 0.1) is 0 Å². The second-order valence-electron chi connectivity index (χ2n) is 4.25. The second kappa shape index (κ2) is 3.59. The van der Waals surface area contributed by atoms with Crippen LogP contribution in [-0.4, -0.2) is 15.2 Å². The summed E-state index contributed by atoms with van der Waals surface area (Å²) in [7, 11) is 0. The van der Waals surface area contributed by atoms with E-state index in [1.54, 1.807) is 0 Å². The van der Waals surface area contributed by atoms with Gasteiger partial charge < -0.3 is 0 Å². The third-order valence-corrected chi connectivity index (χ3v) is 3.61. The number of aromatic amines is 1. The fourth-order valence-electron chi connectivity index (χ4n) is 2.41. The molecule has 3 rings (SSSR count). The highest BCUT2D eigenvalue weighted by atomic mass is 35.5. The highest BCUT2D eigenvalue weighted by Gasteiger charge is 2.43. The number of benzene rings is 1. The molecule has 4 heteroatoms. The molecule has 1 aliphatic rings. The van der Waals surface area contributed by atoms with Crippen molar-refractivity contribution in [2.24, 2.45) is 0 Å². The molecule has 1 heterocycles. The summed E-state index contributed by atoms with van der Waals surface area (Å²) in [5.41, 5.74) is 1.32. The number of hydrogen-bond donors (Lipinski definition) is 1. The fourth-order valence-corrected chi connectivity index (χ4v) is 2.53. The molecule has 0 amide bonds. The minimum atomic E-state index is 0.0153. The molecule has 1 aromatic heterocycles. The quantitative estimate of drug-likeness (QED) is 0.867. The van der Waals surface area contributed by atoms with Gasteiger partial charge in [-0.2, -0.15) is 0 Å². The Morgan fingerprint density at radius 3 is 2.44 bits per heavy atom. The third-order valence-electron chi connectivity index (χ3n) is 3.44. The summed E-state index contributed by atoms with van der Waals surface area (Å²) in [5, 5.41) is 7.18. The van der Waals surface area contributed by atoms with Crippen molar-refractivity contribution in [2.45, 2.75) is 24.7 Å². The topological polar surface area (TPSA) is 41.6 Å². The van der Waals surface area contributed by atoms with Gasteiger partial charge in [0.05, 0.1) is 5.41 Å². The summed E-state index contributed by atoms with van der Waals surface area (Å²) in [6, 6.07) is 10.5. The van der Waals surface area contributed by atoms with E-state index in [-0.39, 0.29) is 5.41 Å². The van der Waals surface area contributed by atoms with Crippen LogP contribution in [-0.2, 0) is 5.41 Å². The van der Waals surface area contributed by atoms with Crippen molar-refractivity contribution in [3.8, 4) is 0 Å². The Labute approximate surface area is 98.9 Å². The lowest BCUT2D eigenvalue weighted by Gasteiger charge is -2.40. The number of halogens is 1. The van der Waals surface area contributed by atoms with Gasteiger partial charge in [-0.3, -0.25) is 5.10 Å². The molecule has 0 saturated heterocycles. The Morgan fingerprint density at radius 2 is 1.94 bits per heavy atom. The van der Waals surface area contributed by atoms with Crippen LogP contribution in [0.2, 0.25) is 5.28 Å². The zero-order valence-corrected chi connectivity index (χ0v) is 9.54. The zero-order valence-electron chi connectivity index (χ0n) is 8.78. The van der Waals surface area contributed by atoms with Gasteiger partial charge in [0.1, 0.15) is 5.82 Å². The highest BCUT2D eigenvalue weighted by Crippen LogP contribution is 2.47. The maximum Gasteiger partial charge on any atom is 0.242 e. The van der Waals surface area contributed by atoms with Gasteiger partial charge in [-0.05, 0) is 30.0 Å². The van der Waals surface area contributed by atoms with Crippen LogP contribution in [0.15, 0.2) is 30.3 Å². The first-order valence-electron chi connectivity index (χ1n) is 5.45. The predicted molar refractivity (Wildman–Crippen MR) is 62.5 cm³/mol. The zero-order chi connectivity index (χ0) is 11.0. The molecule has 1 N–H and O–H groups in total. The Morgan fingerprint density at radius 1 is 1.19 bits per heavy atom. The standard InChI is InChI=1S/C12H12ClN3/c13-11-14-10(15-16-11)12(7-4-8-12)9-5-2-1-3-6-9/h1-3,5-6H,4,7-8H2,(H,14,15,16). The summed E-state index contributed by atoms with van der Waals surface area (Å²) >= 11 is 5.78. The molecule has 0 radical (unpaired) electrons. The Hall–Kier alpha value is -1.35. The van der Waals surface area contributed by atoms with Crippen molar-refractivity contribution in [2.75, 3.05) is 0 Å². The number of H-pyrrole nitrogens is 1. The van der Waals surface area contributed by atoms with Crippen molar-refractivity contribution in [3.05, 3.63) is 47.0 Å². The molecule has 2 aromatic rings. The van der Waals surface area contributed by atoms with E-state index in [2.05, 4.69) is 39.4 Å². The Kier molecular flexibility index (Phi) is 2.21. The lowest BCUT2D eigenvalue weighted by atomic mass is 9.64. The molecule has 16 heavy (non-hydrogen) atoms. The minimum absolute atomic E-state index is 0.0153. The van der Waals surface area contributed by atoms with Crippen LogP contribution in [0.4, 0.5) is 0 Å². The van der Waals surface area contributed by atoms with Crippen molar-refractivity contribution in [1.82, 2.24) is 15.2 Å². The van der Waals surface area contributed by atoms with Crippen molar-refractivity contribution >= 4 is 11.6 Å². The SMILES string of the molecule is Clc1n[nH]c(C2(c3ccccc3)CCC2)n1.